The van der Waals surface area contributed by atoms with Crippen molar-refractivity contribution in [2.24, 2.45) is 5.92 Å². The fraction of sp³-hybridized carbons (Fsp3) is 0.391. The van der Waals surface area contributed by atoms with Crippen molar-refractivity contribution in [3.05, 3.63) is 60.2 Å². The zero-order valence-corrected chi connectivity index (χ0v) is 16.6. The van der Waals surface area contributed by atoms with E-state index < -0.39 is 5.91 Å². The Balaban J connectivity index is 1.42. The maximum absolute atomic E-state index is 12.4. The molecule has 0 unspecified atom stereocenters. The number of carbonyl (C=O) groups is 2. The lowest BCUT2D eigenvalue weighted by Crippen LogP contribution is -2.41. The maximum atomic E-state index is 12.4. The molecule has 154 valence electrons. The fourth-order valence-electron chi connectivity index (χ4n) is 3.50. The third-order valence-electron chi connectivity index (χ3n) is 5.05. The lowest BCUT2D eigenvalue weighted by atomic mass is 10.0. The molecule has 0 aliphatic heterocycles. The summed E-state index contributed by atoms with van der Waals surface area (Å²) >= 11 is 0. The number of ether oxygens (including phenoxy) is 2. The molecule has 1 saturated carbocycles. The van der Waals surface area contributed by atoms with Crippen LogP contribution >= 0.6 is 0 Å². The predicted octanol–water partition coefficient (Wildman–Crippen LogP) is 3.88. The first kappa shape index (κ1) is 20.7. The van der Waals surface area contributed by atoms with Crippen molar-refractivity contribution in [1.82, 2.24) is 10.9 Å². The van der Waals surface area contributed by atoms with E-state index in [4.69, 9.17) is 9.47 Å². The number of hydrogen-bond acceptors (Lipinski definition) is 4. The SMILES string of the molecule is O=C(CCC1CCCC1)NNC(=O)c1ccccc1OCCOc1ccccc1. The predicted molar refractivity (Wildman–Crippen MR) is 111 cm³/mol. The average Bonchev–Trinajstić information content (AvgIpc) is 3.28. The number of nitrogens with one attached hydrogen (secondary N) is 2. The summed E-state index contributed by atoms with van der Waals surface area (Å²) in [6.07, 6.45) is 6.24. The molecule has 1 aliphatic rings. The number of hydrogen-bond donors (Lipinski definition) is 2. The van der Waals surface area contributed by atoms with Crippen LogP contribution < -0.4 is 20.3 Å². The Labute approximate surface area is 171 Å². The highest BCUT2D eigenvalue weighted by atomic mass is 16.5. The molecule has 1 aliphatic carbocycles. The Morgan fingerprint density at radius 1 is 0.862 bits per heavy atom. The van der Waals surface area contributed by atoms with Crippen LogP contribution in [-0.2, 0) is 4.79 Å². The van der Waals surface area contributed by atoms with Crippen LogP contribution in [0.5, 0.6) is 11.5 Å². The summed E-state index contributed by atoms with van der Waals surface area (Å²) in [5, 5.41) is 0. The van der Waals surface area contributed by atoms with E-state index in [1.807, 2.05) is 30.3 Å². The summed E-state index contributed by atoms with van der Waals surface area (Å²) < 4.78 is 11.3. The minimum absolute atomic E-state index is 0.167. The topological polar surface area (TPSA) is 76.7 Å². The summed E-state index contributed by atoms with van der Waals surface area (Å²) in [7, 11) is 0. The van der Waals surface area contributed by atoms with Gasteiger partial charge in [-0.25, -0.2) is 0 Å². The summed E-state index contributed by atoms with van der Waals surface area (Å²) in [6, 6.07) is 16.4. The van der Waals surface area contributed by atoms with E-state index in [-0.39, 0.29) is 5.91 Å². The fourth-order valence-corrected chi connectivity index (χ4v) is 3.50. The summed E-state index contributed by atoms with van der Waals surface area (Å²) in [4.78, 5) is 24.4. The van der Waals surface area contributed by atoms with Crippen molar-refractivity contribution in [1.29, 1.82) is 0 Å². The van der Waals surface area contributed by atoms with E-state index in [0.29, 0.717) is 36.9 Å². The zero-order valence-electron chi connectivity index (χ0n) is 16.6. The monoisotopic (exact) mass is 396 g/mol. The summed E-state index contributed by atoms with van der Waals surface area (Å²) in [6.45, 7) is 0.658. The van der Waals surface area contributed by atoms with Crippen LogP contribution in [0.25, 0.3) is 0 Å². The van der Waals surface area contributed by atoms with Crippen LogP contribution in [0, 0.1) is 5.92 Å². The smallest absolute Gasteiger partial charge is 0.273 e. The largest absolute Gasteiger partial charge is 0.490 e. The minimum Gasteiger partial charge on any atom is -0.490 e. The van der Waals surface area contributed by atoms with Gasteiger partial charge in [0.15, 0.2) is 0 Å². The second-order valence-electron chi connectivity index (χ2n) is 7.20. The molecule has 0 saturated heterocycles. The quantitative estimate of drug-likeness (QED) is 0.498. The molecular formula is C23H28N2O4. The Kier molecular flexibility index (Phi) is 7.92. The van der Waals surface area contributed by atoms with Crippen molar-refractivity contribution in [3.63, 3.8) is 0 Å². The van der Waals surface area contributed by atoms with Gasteiger partial charge >= 0.3 is 0 Å². The first-order valence-corrected chi connectivity index (χ1v) is 10.2. The Morgan fingerprint density at radius 3 is 2.34 bits per heavy atom. The number of carbonyl (C=O) groups excluding carboxylic acids is 2. The molecule has 0 aromatic heterocycles. The molecule has 0 atom stereocenters. The van der Waals surface area contributed by atoms with E-state index >= 15 is 0 Å². The van der Waals surface area contributed by atoms with E-state index in [1.165, 1.54) is 25.7 Å². The van der Waals surface area contributed by atoms with Gasteiger partial charge in [-0.1, -0.05) is 56.0 Å². The van der Waals surface area contributed by atoms with Crippen LogP contribution in [0.3, 0.4) is 0 Å². The van der Waals surface area contributed by atoms with E-state index in [0.717, 1.165) is 12.2 Å². The molecule has 2 aromatic rings. The second kappa shape index (κ2) is 11.1. The highest BCUT2D eigenvalue weighted by molar-refractivity contribution is 5.97. The van der Waals surface area contributed by atoms with Crippen LogP contribution in [0.4, 0.5) is 0 Å². The molecule has 0 bridgehead atoms. The molecule has 2 amide bonds. The van der Waals surface area contributed by atoms with Gasteiger partial charge < -0.3 is 9.47 Å². The molecule has 2 aromatic carbocycles. The summed E-state index contributed by atoms with van der Waals surface area (Å²) in [5.41, 5.74) is 5.35. The summed E-state index contributed by atoms with van der Waals surface area (Å²) in [5.74, 6) is 1.28. The van der Waals surface area contributed by atoms with Gasteiger partial charge in [-0.2, -0.15) is 0 Å². The lowest BCUT2D eigenvalue weighted by Gasteiger charge is -2.13. The standard InChI is InChI=1S/C23H28N2O4/c26-22(15-14-18-8-4-5-9-18)24-25-23(27)20-12-6-7-13-21(20)29-17-16-28-19-10-2-1-3-11-19/h1-3,6-7,10-13,18H,4-5,8-9,14-17H2,(H,24,26)(H,25,27). The first-order valence-electron chi connectivity index (χ1n) is 10.2. The molecule has 0 radical (unpaired) electrons. The van der Waals surface area contributed by atoms with Gasteiger partial charge in [0.1, 0.15) is 24.7 Å². The van der Waals surface area contributed by atoms with Crippen molar-refractivity contribution in [3.8, 4) is 11.5 Å². The molecular weight excluding hydrogens is 368 g/mol. The third-order valence-corrected chi connectivity index (χ3v) is 5.05. The van der Waals surface area contributed by atoms with Crippen molar-refractivity contribution >= 4 is 11.8 Å². The molecule has 0 heterocycles. The van der Waals surface area contributed by atoms with Crippen LogP contribution in [0.1, 0.15) is 48.9 Å². The third kappa shape index (κ3) is 6.82. The maximum Gasteiger partial charge on any atom is 0.273 e. The van der Waals surface area contributed by atoms with E-state index in [9.17, 15) is 9.59 Å². The highest BCUT2D eigenvalue weighted by Gasteiger charge is 2.17. The van der Waals surface area contributed by atoms with E-state index in [2.05, 4.69) is 10.9 Å². The van der Waals surface area contributed by atoms with Crippen molar-refractivity contribution in [2.75, 3.05) is 13.2 Å². The highest BCUT2D eigenvalue weighted by Crippen LogP contribution is 2.28. The number of para-hydroxylation sites is 2. The van der Waals surface area contributed by atoms with Crippen LogP contribution in [0.2, 0.25) is 0 Å². The van der Waals surface area contributed by atoms with Crippen LogP contribution in [-0.4, -0.2) is 25.0 Å². The zero-order chi connectivity index (χ0) is 20.3. The molecule has 0 spiro atoms. The molecule has 6 nitrogen and oxygen atoms in total. The van der Waals surface area contributed by atoms with Gasteiger partial charge in [-0.05, 0) is 36.6 Å². The average molecular weight is 396 g/mol. The minimum atomic E-state index is -0.404. The number of hydrazine groups is 1. The number of amides is 2. The Hall–Kier alpha value is -3.02. The molecule has 6 heteroatoms. The van der Waals surface area contributed by atoms with Gasteiger partial charge in [-0.3, -0.25) is 20.4 Å². The lowest BCUT2D eigenvalue weighted by molar-refractivity contribution is -0.122. The van der Waals surface area contributed by atoms with Gasteiger partial charge in [0.25, 0.3) is 5.91 Å². The molecule has 1 fully saturated rings. The first-order chi connectivity index (χ1) is 14.2. The number of benzene rings is 2. The van der Waals surface area contributed by atoms with Gasteiger partial charge in [0.2, 0.25) is 5.91 Å². The van der Waals surface area contributed by atoms with Crippen LogP contribution in [0.15, 0.2) is 54.6 Å². The normalized spacial score (nSPS) is 13.7. The molecule has 3 rings (SSSR count). The van der Waals surface area contributed by atoms with Gasteiger partial charge in [0.05, 0.1) is 5.56 Å². The van der Waals surface area contributed by atoms with Gasteiger partial charge in [0, 0.05) is 6.42 Å². The Bertz CT molecular complexity index is 788. The van der Waals surface area contributed by atoms with Crippen molar-refractivity contribution in [2.45, 2.75) is 38.5 Å². The Morgan fingerprint density at radius 2 is 1.55 bits per heavy atom. The number of rotatable bonds is 9. The van der Waals surface area contributed by atoms with E-state index in [1.54, 1.807) is 24.3 Å². The molecule has 2 N–H and O–H groups in total. The second-order valence-corrected chi connectivity index (χ2v) is 7.20. The molecule has 29 heavy (non-hydrogen) atoms. The van der Waals surface area contributed by atoms with Crippen molar-refractivity contribution < 1.29 is 19.1 Å². The van der Waals surface area contributed by atoms with Gasteiger partial charge in [-0.15, -0.1) is 0 Å².